The third kappa shape index (κ3) is 2.43. The summed E-state index contributed by atoms with van der Waals surface area (Å²) in [6.45, 7) is 1.73. The highest BCUT2D eigenvalue weighted by molar-refractivity contribution is 5.83. The van der Waals surface area contributed by atoms with Crippen molar-refractivity contribution < 1.29 is 0 Å². The van der Waals surface area contributed by atoms with Gasteiger partial charge in [-0.1, -0.05) is 54.6 Å². The molecule has 2 N–H and O–H groups in total. The largest absolute Gasteiger partial charge is 0.325 e. The summed E-state index contributed by atoms with van der Waals surface area (Å²) in [5.74, 6) is 0. The van der Waals surface area contributed by atoms with Crippen molar-refractivity contribution in [2.75, 3.05) is 0 Å². The number of aromatic nitrogens is 2. The summed E-state index contributed by atoms with van der Waals surface area (Å²) < 4.78 is 0. The lowest BCUT2D eigenvalue weighted by molar-refractivity contribution is 0.999. The van der Waals surface area contributed by atoms with E-state index in [4.69, 9.17) is 0 Å². The molecular weight excluding hydrogens is 264 g/mol. The zero-order valence-corrected chi connectivity index (χ0v) is 11.5. The molecule has 0 saturated carbocycles. The molecule has 0 saturated heterocycles. The van der Waals surface area contributed by atoms with Crippen molar-refractivity contribution in [2.24, 2.45) is 0 Å². The highest BCUT2D eigenvalue weighted by Crippen LogP contribution is 2.30. The minimum absolute atomic E-state index is 0.375. The van der Waals surface area contributed by atoms with Crippen LogP contribution in [0.4, 0.5) is 0 Å². The average molecular weight is 278 g/mol. The smallest absolute Gasteiger partial charge is 0.311 e. The Morgan fingerprint density at radius 2 is 1.38 bits per heavy atom. The Morgan fingerprint density at radius 1 is 0.762 bits per heavy atom. The maximum Gasteiger partial charge on any atom is 0.325 e. The van der Waals surface area contributed by atoms with Crippen LogP contribution < -0.4 is 11.2 Å². The van der Waals surface area contributed by atoms with Crippen molar-refractivity contribution in [3.8, 4) is 22.3 Å². The summed E-state index contributed by atoms with van der Waals surface area (Å²) >= 11 is 0. The van der Waals surface area contributed by atoms with Crippen molar-refractivity contribution in [2.45, 2.75) is 6.92 Å². The second-order valence-electron chi connectivity index (χ2n) is 4.82. The summed E-state index contributed by atoms with van der Waals surface area (Å²) in [5.41, 5.74) is 2.98. The van der Waals surface area contributed by atoms with Crippen molar-refractivity contribution in [1.82, 2.24) is 9.97 Å². The van der Waals surface area contributed by atoms with Crippen LogP contribution in [0.1, 0.15) is 5.69 Å². The van der Waals surface area contributed by atoms with Crippen molar-refractivity contribution in [3.63, 3.8) is 0 Å². The number of benzene rings is 2. The number of hydrogen-bond acceptors (Lipinski definition) is 2. The Bertz CT molecular complexity index is 892. The molecule has 3 rings (SSSR count). The van der Waals surface area contributed by atoms with Gasteiger partial charge in [0.05, 0.1) is 5.56 Å². The molecule has 0 radical (unpaired) electrons. The molecule has 4 heteroatoms. The fourth-order valence-electron chi connectivity index (χ4n) is 2.49. The highest BCUT2D eigenvalue weighted by atomic mass is 16.2. The maximum absolute atomic E-state index is 12.2. The van der Waals surface area contributed by atoms with Crippen LogP contribution in [0.2, 0.25) is 0 Å². The van der Waals surface area contributed by atoms with Gasteiger partial charge in [0.2, 0.25) is 0 Å². The van der Waals surface area contributed by atoms with Gasteiger partial charge in [-0.15, -0.1) is 0 Å². The Morgan fingerprint density at radius 3 is 2.05 bits per heavy atom. The predicted octanol–water partition coefficient (Wildman–Crippen LogP) is 2.71. The number of nitrogens with one attached hydrogen (secondary N) is 2. The van der Waals surface area contributed by atoms with E-state index >= 15 is 0 Å². The third-order valence-corrected chi connectivity index (χ3v) is 3.41. The van der Waals surface area contributed by atoms with Crippen LogP contribution in [0.3, 0.4) is 0 Å². The number of aryl methyl sites for hydroxylation is 1. The Balaban J connectivity index is 2.31. The molecule has 0 unspecified atom stereocenters. The lowest BCUT2D eigenvalue weighted by Crippen LogP contribution is -2.25. The van der Waals surface area contributed by atoms with Gasteiger partial charge < -0.3 is 4.98 Å². The van der Waals surface area contributed by atoms with E-state index in [0.717, 1.165) is 16.7 Å². The van der Waals surface area contributed by atoms with Gasteiger partial charge in [-0.3, -0.25) is 9.78 Å². The van der Waals surface area contributed by atoms with E-state index in [1.807, 2.05) is 54.6 Å². The molecule has 0 amide bonds. The van der Waals surface area contributed by atoms with Gasteiger partial charge in [0.25, 0.3) is 5.56 Å². The molecule has 2 aromatic carbocycles. The van der Waals surface area contributed by atoms with Crippen LogP contribution in [-0.2, 0) is 0 Å². The maximum atomic E-state index is 12.2. The van der Waals surface area contributed by atoms with Crippen LogP contribution in [0.15, 0.2) is 64.2 Å². The minimum Gasteiger partial charge on any atom is -0.311 e. The van der Waals surface area contributed by atoms with Crippen LogP contribution in [0, 0.1) is 6.92 Å². The van der Waals surface area contributed by atoms with E-state index in [9.17, 15) is 9.59 Å². The first-order valence-electron chi connectivity index (χ1n) is 6.65. The summed E-state index contributed by atoms with van der Waals surface area (Å²) in [4.78, 5) is 28.4. The zero-order chi connectivity index (χ0) is 14.8. The van der Waals surface area contributed by atoms with Gasteiger partial charge in [0.15, 0.2) is 0 Å². The molecule has 0 spiro atoms. The average Bonchev–Trinajstić information content (AvgIpc) is 2.48. The molecule has 0 atom stereocenters. The SMILES string of the molecule is Cc1[nH]c(=O)[nH]c(=O)c1-c1ccccc1-c1ccccc1. The number of H-pyrrole nitrogens is 2. The third-order valence-electron chi connectivity index (χ3n) is 3.41. The van der Waals surface area contributed by atoms with Crippen molar-refractivity contribution in [3.05, 3.63) is 81.1 Å². The minimum atomic E-state index is -0.488. The Kier molecular flexibility index (Phi) is 3.28. The fraction of sp³-hybridized carbons (Fsp3) is 0.0588. The van der Waals surface area contributed by atoms with E-state index in [0.29, 0.717) is 11.3 Å². The Labute approximate surface area is 121 Å². The second kappa shape index (κ2) is 5.25. The quantitative estimate of drug-likeness (QED) is 0.757. The van der Waals surface area contributed by atoms with Crippen LogP contribution in [-0.4, -0.2) is 9.97 Å². The van der Waals surface area contributed by atoms with E-state index in [2.05, 4.69) is 9.97 Å². The zero-order valence-electron chi connectivity index (χ0n) is 11.5. The first-order valence-corrected chi connectivity index (χ1v) is 6.65. The Hall–Kier alpha value is -2.88. The molecule has 0 aliphatic rings. The van der Waals surface area contributed by atoms with Crippen molar-refractivity contribution >= 4 is 0 Å². The van der Waals surface area contributed by atoms with Gasteiger partial charge in [-0.05, 0) is 23.6 Å². The lowest BCUT2D eigenvalue weighted by Gasteiger charge is -2.11. The normalized spacial score (nSPS) is 10.5. The first-order chi connectivity index (χ1) is 10.2. The topological polar surface area (TPSA) is 65.7 Å². The van der Waals surface area contributed by atoms with Crippen LogP contribution in [0.25, 0.3) is 22.3 Å². The second-order valence-corrected chi connectivity index (χ2v) is 4.82. The number of hydrogen-bond donors (Lipinski definition) is 2. The monoisotopic (exact) mass is 278 g/mol. The molecule has 0 bridgehead atoms. The van der Waals surface area contributed by atoms with Gasteiger partial charge in [-0.2, -0.15) is 0 Å². The number of rotatable bonds is 2. The highest BCUT2D eigenvalue weighted by Gasteiger charge is 2.13. The molecule has 104 valence electrons. The summed E-state index contributed by atoms with van der Waals surface area (Å²) in [6, 6.07) is 17.5. The number of aromatic amines is 2. The molecule has 1 heterocycles. The van der Waals surface area contributed by atoms with E-state index < -0.39 is 5.69 Å². The molecule has 0 aliphatic carbocycles. The molecule has 0 aliphatic heterocycles. The molecule has 0 fully saturated rings. The standard InChI is InChI=1S/C17H14N2O2/c1-11-15(16(20)19-17(21)18-11)14-10-6-5-9-13(14)12-7-3-2-4-8-12/h2-10H,1H3,(H2,18,19,20,21). The van der Waals surface area contributed by atoms with Gasteiger partial charge in [-0.25, -0.2) is 4.79 Å². The van der Waals surface area contributed by atoms with Gasteiger partial charge in [0.1, 0.15) is 0 Å². The van der Waals surface area contributed by atoms with Crippen molar-refractivity contribution in [1.29, 1.82) is 0 Å². The van der Waals surface area contributed by atoms with Crippen LogP contribution >= 0.6 is 0 Å². The van der Waals surface area contributed by atoms with Crippen LogP contribution in [0.5, 0.6) is 0 Å². The molecular formula is C17H14N2O2. The van der Waals surface area contributed by atoms with Gasteiger partial charge >= 0.3 is 5.69 Å². The summed E-state index contributed by atoms with van der Waals surface area (Å²) in [7, 11) is 0. The van der Waals surface area contributed by atoms with Gasteiger partial charge in [0, 0.05) is 5.69 Å². The lowest BCUT2D eigenvalue weighted by atomic mass is 9.94. The molecule has 4 nitrogen and oxygen atoms in total. The molecule has 1 aromatic heterocycles. The fourth-order valence-corrected chi connectivity index (χ4v) is 2.49. The summed E-state index contributed by atoms with van der Waals surface area (Å²) in [5, 5.41) is 0. The van der Waals surface area contributed by atoms with E-state index in [1.165, 1.54) is 0 Å². The molecule has 21 heavy (non-hydrogen) atoms. The molecule has 3 aromatic rings. The first kappa shape index (κ1) is 13.1. The summed E-state index contributed by atoms with van der Waals surface area (Å²) in [6.07, 6.45) is 0. The van der Waals surface area contributed by atoms with E-state index in [-0.39, 0.29) is 5.56 Å². The van der Waals surface area contributed by atoms with E-state index in [1.54, 1.807) is 6.92 Å². The predicted molar refractivity (Wildman–Crippen MR) is 83.3 cm³/mol.